The fourth-order valence-electron chi connectivity index (χ4n) is 1.91. The van der Waals surface area contributed by atoms with Crippen LogP contribution in [-0.2, 0) is 11.3 Å². The Morgan fingerprint density at radius 1 is 1.14 bits per heavy atom. The van der Waals surface area contributed by atoms with Crippen LogP contribution in [0.4, 0.5) is 0 Å². The summed E-state index contributed by atoms with van der Waals surface area (Å²) < 4.78 is 11.7. The first-order valence-electron chi connectivity index (χ1n) is 6.94. The third-order valence-electron chi connectivity index (χ3n) is 3.06. The highest BCUT2D eigenvalue weighted by Gasteiger charge is 2.12. The van der Waals surface area contributed by atoms with Gasteiger partial charge in [0.05, 0.1) is 12.2 Å². The average molecular weight is 364 g/mol. The lowest BCUT2D eigenvalue weighted by molar-refractivity contribution is 0.0932. The molecule has 0 aliphatic heterocycles. The summed E-state index contributed by atoms with van der Waals surface area (Å²) in [4.78, 5) is 12.2. The monoisotopic (exact) mass is 363 g/mol. The van der Waals surface area contributed by atoms with Gasteiger partial charge in [0.2, 0.25) is 0 Å². The standard InChI is InChI=1S/C17H18BrNO3/c1-21-11-10-19-17(20)14-7-3-5-9-16(14)22-12-13-6-2-4-8-15(13)18/h2-9H,10-12H2,1H3,(H,19,20). The molecule has 0 aromatic heterocycles. The number of rotatable bonds is 7. The Bertz CT molecular complexity index is 631. The Balaban J connectivity index is 2.05. The van der Waals surface area contributed by atoms with E-state index in [1.807, 2.05) is 36.4 Å². The summed E-state index contributed by atoms with van der Waals surface area (Å²) in [5.74, 6) is 0.396. The van der Waals surface area contributed by atoms with Crippen LogP contribution in [-0.4, -0.2) is 26.2 Å². The number of nitrogens with one attached hydrogen (secondary N) is 1. The van der Waals surface area contributed by atoms with E-state index in [1.54, 1.807) is 19.2 Å². The van der Waals surface area contributed by atoms with Crippen molar-refractivity contribution in [1.29, 1.82) is 0 Å². The first-order valence-corrected chi connectivity index (χ1v) is 7.74. The summed E-state index contributed by atoms with van der Waals surface area (Å²) in [5.41, 5.74) is 1.54. The quantitative estimate of drug-likeness (QED) is 0.766. The van der Waals surface area contributed by atoms with Crippen LogP contribution in [0, 0.1) is 0 Å². The van der Waals surface area contributed by atoms with E-state index in [0.29, 0.717) is 31.1 Å². The summed E-state index contributed by atoms with van der Waals surface area (Å²) >= 11 is 3.49. The van der Waals surface area contributed by atoms with E-state index < -0.39 is 0 Å². The molecule has 1 N–H and O–H groups in total. The number of carbonyl (C=O) groups excluding carboxylic acids is 1. The Labute approximate surface area is 138 Å². The van der Waals surface area contributed by atoms with Crippen molar-refractivity contribution in [3.05, 3.63) is 64.1 Å². The maximum atomic E-state index is 12.2. The van der Waals surface area contributed by atoms with Crippen molar-refractivity contribution >= 4 is 21.8 Å². The molecule has 1 amide bonds. The first-order chi connectivity index (χ1) is 10.7. The van der Waals surface area contributed by atoms with Gasteiger partial charge in [-0.3, -0.25) is 4.79 Å². The molecule has 0 heterocycles. The van der Waals surface area contributed by atoms with Gasteiger partial charge in [0.15, 0.2) is 0 Å². The van der Waals surface area contributed by atoms with E-state index in [2.05, 4.69) is 21.2 Å². The van der Waals surface area contributed by atoms with Crippen LogP contribution in [0.5, 0.6) is 5.75 Å². The van der Waals surface area contributed by atoms with Crippen molar-refractivity contribution in [1.82, 2.24) is 5.32 Å². The van der Waals surface area contributed by atoms with Gasteiger partial charge in [-0.25, -0.2) is 0 Å². The third-order valence-corrected chi connectivity index (χ3v) is 3.84. The van der Waals surface area contributed by atoms with E-state index >= 15 is 0 Å². The maximum Gasteiger partial charge on any atom is 0.255 e. The molecule has 0 saturated heterocycles. The summed E-state index contributed by atoms with van der Waals surface area (Å²) in [6, 6.07) is 15.0. The second-order valence-corrected chi connectivity index (χ2v) is 5.48. The van der Waals surface area contributed by atoms with Gasteiger partial charge in [-0.1, -0.05) is 46.3 Å². The zero-order valence-corrected chi connectivity index (χ0v) is 13.9. The minimum Gasteiger partial charge on any atom is -0.488 e. The van der Waals surface area contributed by atoms with E-state index in [-0.39, 0.29) is 5.91 Å². The predicted molar refractivity (Wildman–Crippen MR) is 89.1 cm³/mol. The summed E-state index contributed by atoms with van der Waals surface area (Å²) in [6.07, 6.45) is 0. The lowest BCUT2D eigenvalue weighted by atomic mass is 10.2. The van der Waals surface area contributed by atoms with Crippen LogP contribution in [0.3, 0.4) is 0 Å². The van der Waals surface area contributed by atoms with E-state index in [4.69, 9.17) is 9.47 Å². The lowest BCUT2D eigenvalue weighted by Gasteiger charge is -2.12. The molecule has 0 saturated carbocycles. The van der Waals surface area contributed by atoms with Crippen LogP contribution in [0.2, 0.25) is 0 Å². The molecule has 0 radical (unpaired) electrons. The molecule has 0 aliphatic rings. The number of ether oxygens (including phenoxy) is 2. The third kappa shape index (κ3) is 4.58. The van der Waals surface area contributed by atoms with E-state index in [1.165, 1.54) is 0 Å². The topological polar surface area (TPSA) is 47.6 Å². The molecule has 2 aromatic carbocycles. The molecule has 2 aromatic rings. The summed E-state index contributed by atoms with van der Waals surface area (Å²) in [7, 11) is 1.60. The molecule has 0 atom stereocenters. The molecule has 116 valence electrons. The molecule has 0 unspecified atom stereocenters. The molecule has 22 heavy (non-hydrogen) atoms. The van der Waals surface area contributed by atoms with Crippen molar-refractivity contribution in [2.75, 3.05) is 20.3 Å². The van der Waals surface area contributed by atoms with Crippen LogP contribution in [0.15, 0.2) is 53.0 Å². The minimum atomic E-state index is -0.167. The largest absolute Gasteiger partial charge is 0.488 e. The molecule has 2 rings (SSSR count). The zero-order chi connectivity index (χ0) is 15.8. The molecule has 0 spiro atoms. The van der Waals surface area contributed by atoms with Crippen molar-refractivity contribution in [3.63, 3.8) is 0 Å². The van der Waals surface area contributed by atoms with Gasteiger partial charge in [0, 0.05) is 23.7 Å². The molecule has 0 aliphatic carbocycles. The molecule has 0 bridgehead atoms. The van der Waals surface area contributed by atoms with Gasteiger partial charge >= 0.3 is 0 Å². The van der Waals surface area contributed by atoms with Gasteiger partial charge in [0.1, 0.15) is 12.4 Å². The lowest BCUT2D eigenvalue weighted by Crippen LogP contribution is -2.27. The van der Waals surface area contributed by atoms with Crippen LogP contribution < -0.4 is 10.1 Å². The van der Waals surface area contributed by atoms with E-state index in [0.717, 1.165) is 10.0 Å². The van der Waals surface area contributed by atoms with Gasteiger partial charge in [0.25, 0.3) is 5.91 Å². The van der Waals surface area contributed by atoms with Crippen LogP contribution >= 0.6 is 15.9 Å². The number of hydrogen-bond acceptors (Lipinski definition) is 3. The second-order valence-electron chi connectivity index (χ2n) is 4.62. The predicted octanol–water partition coefficient (Wildman–Crippen LogP) is 3.40. The molecular weight excluding hydrogens is 346 g/mol. The van der Waals surface area contributed by atoms with Crippen LogP contribution in [0.1, 0.15) is 15.9 Å². The fraction of sp³-hybridized carbons (Fsp3) is 0.235. The number of amides is 1. The summed E-state index contributed by atoms with van der Waals surface area (Å²) in [6.45, 7) is 1.34. The first kappa shape index (κ1) is 16.5. The number of carbonyl (C=O) groups is 1. The molecule has 4 nitrogen and oxygen atoms in total. The smallest absolute Gasteiger partial charge is 0.255 e. The van der Waals surface area contributed by atoms with E-state index in [9.17, 15) is 4.79 Å². The zero-order valence-electron chi connectivity index (χ0n) is 12.3. The Morgan fingerprint density at radius 3 is 2.64 bits per heavy atom. The molecule has 5 heteroatoms. The highest BCUT2D eigenvalue weighted by Crippen LogP contribution is 2.22. The maximum absolute atomic E-state index is 12.2. The fourth-order valence-corrected chi connectivity index (χ4v) is 2.31. The SMILES string of the molecule is COCCNC(=O)c1ccccc1OCc1ccccc1Br. The average Bonchev–Trinajstić information content (AvgIpc) is 2.54. The summed E-state index contributed by atoms with van der Waals surface area (Å²) in [5, 5.41) is 2.80. The Morgan fingerprint density at radius 2 is 1.86 bits per heavy atom. The van der Waals surface area contributed by atoms with Crippen molar-refractivity contribution in [2.24, 2.45) is 0 Å². The number of halogens is 1. The van der Waals surface area contributed by atoms with Gasteiger partial charge in [-0.2, -0.15) is 0 Å². The van der Waals surface area contributed by atoms with Gasteiger partial charge in [-0.05, 0) is 18.2 Å². The normalized spacial score (nSPS) is 10.3. The number of hydrogen-bond donors (Lipinski definition) is 1. The van der Waals surface area contributed by atoms with Crippen LogP contribution in [0.25, 0.3) is 0 Å². The highest BCUT2D eigenvalue weighted by molar-refractivity contribution is 9.10. The van der Waals surface area contributed by atoms with Crippen molar-refractivity contribution < 1.29 is 14.3 Å². The van der Waals surface area contributed by atoms with Crippen molar-refractivity contribution in [3.8, 4) is 5.75 Å². The number of methoxy groups -OCH3 is 1. The molecule has 0 fully saturated rings. The Hall–Kier alpha value is -1.85. The van der Waals surface area contributed by atoms with Crippen molar-refractivity contribution in [2.45, 2.75) is 6.61 Å². The number of para-hydroxylation sites is 1. The second kappa shape index (κ2) is 8.56. The molecular formula is C17H18BrNO3. The number of benzene rings is 2. The van der Waals surface area contributed by atoms with Gasteiger partial charge < -0.3 is 14.8 Å². The highest BCUT2D eigenvalue weighted by atomic mass is 79.9. The van der Waals surface area contributed by atoms with Gasteiger partial charge in [-0.15, -0.1) is 0 Å². The Kier molecular flexibility index (Phi) is 6.43. The minimum absolute atomic E-state index is 0.167.